The van der Waals surface area contributed by atoms with Gasteiger partial charge in [0.15, 0.2) is 12.5 Å². The second-order valence-electron chi connectivity index (χ2n) is 7.33. The molecule has 2 aliphatic heterocycles. The Morgan fingerprint density at radius 2 is 1.92 bits per heavy atom. The maximum atomic E-state index is 13.3. The highest BCUT2D eigenvalue weighted by Gasteiger charge is 2.22. The monoisotopic (exact) mass is 377 g/mol. The van der Waals surface area contributed by atoms with Gasteiger partial charge in [-0.15, -0.1) is 5.10 Å². The fourth-order valence-corrected chi connectivity index (χ4v) is 4.20. The van der Waals surface area contributed by atoms with E-state index >= 15 is 0 Å². The molecular formula is C19H26FN4OS+. The minimum absolute atomic E-state index is 0.181. The number of piperidine rings is 1. The van der Waals surface area contributed by atoms with Crippen LogP contribution in [0, 0.1) is 10.6 Å². The van der Waals surface area contributed by atoms with E-state index < -0.39 is 0 Å². The molecule has 1 N–H and O–H groups in total. The summed E-state index contributed by atoms with van der Waals surface area (Å²) in [6.45, 7) is 4.67. The molecular weight excluding hydrogens is 351 g/mol. The van der Waals surface area contributed by atoms with Crippen molar-refractivity contribution in [3.8, 4) is 11.4 Å². The van der Waals surface area contributed by atoms with Crippen molar-refractivity contribution in [1.29, 1.82) is 0 Å². The number of ether oxygens (including phenoxy) is 1. The van der Waals surface area contributed by atoms with Crippen molar-refractivity contribution >= 4 is 12.2 Å². The zero-order valence-electron chi connectivity index (χ0n) is 15.0. The fourth-order valence-electron chi connectivity index (χ4n) is 3.93. The SMILES string of the molecule is Fc1ccc(-c2nn(C[NH+]3CCCCC3)c(=S)n2C[C@@H]2CCCO2)cc1. The first kappa shape index (κ1) is 17.8. The molecule has 2 saturated heterocycles. The molecule has 0 radical (unpaired) electrons. The van der Waals surface area contributed by atoms with E-state index in [2.05, 4.69) is 4.57 Å². The minimum atomic E-state index is -0.241. The first-order valence-electron chi connectivity index (χ1n) is 9.59. The molecule has 2 fully saturated rings. The maximum absolute atomic E-state index is 13.3. The van der Waals surface area contributed by atoms with Gasteiger partial charge in [0.1, 0.15) is 5.82 Å². The third-order valence-corrected chi connectivity index (χ3v) is 5.80. The second-order valence-corrected chi connectivity index (χ2v) is 7.69. The van der Waals surface area contributed by atoms with Crippen molar-refractivity contribution in [1.82, 2.24) is 14.3 Å². The molecule has 2 aliphatic rings. The van der Waals surface area contributed by atoms with Gasteiger partial charge >= 0.3 is 0 Å². The number of halogens is 1. The van der Waals surface area contributed by atoms with Crippen molar-refractivity contribution in [2.24, 2.45) is 0 Å². The van der Waals surface area contributed by atoms with E-state index in [9.17, 15) is 4.39 Å². The van der Waals surface area contributed by atoms with E-state index in [1.54, 1.807) is 12.1 Å². The van der Waals surface area contributed by atoms with Crippen molar-refractivity contribution in [3.05, 3.63) is 34.9 Å². The minimum Gasteiger partial charge on any atom is -0.376 e. The van der Waals surface area contributed by atoms with Crippen LogP contribution in [0.4, 0.5) is 4.39 Å². The molecule has 3 heterocycles. The van der Waals surface area contributed by atoms with Crippen LogP contribution in [0.5, 0.6) is 0 Å². The Morgan fingerprint density at radius 3 is 2.62 bits per heavy atom. The topological polar surface area (TPSA) is 36.4 Å². The number of nitrogens with zero attached hydrogens (tertiary/aromatic N) is 3. The lowest BCUT2D eigenvalue weighted by molar-refractivity contribution is -0.928. The smallest absolute Gasteiger partial charge is 0.203 e. The Morgan fingerprint density at radius 1 is 1.15 bits per heavy atom. The van der Waals surface area contributed by atoms with Crippen LogP contribution in [0.25, 0.3) is 11.4 Å². The van der Waals surface area contributed by atoms with E-state index in [1.807, 2.05) is 4.68 Å². The largest absolute Gasteiger partial charge is 0.376 e. The molecule has 2 aromatic rings. The summed E-state index contributed by atoms with van der Waals surface area (Å²) in [5.41, 5.74) is 0.892. The van der Waals surface area contributed by atoms with Gasteiger partial charge in [0.2, 0.25) is 4.77 Å². The quantitative estimate of drug-likeness (QED) is 0.813. The number of quaternary nitrogens is 1. The zero-order valence-corrected chi connectivity index (χ0v) is 15.8. The third kappa shape index (κ3) is 3.89. The summed E-state index contributed by atoms with van der Waals surface area (Å²) in [5, 5.41) is 4.82. The molecule has 1 atom stereocenters. The van der Waals surface area contributed by atoms with Crippen LogP contribution in [-0.4, -0.2) is 40.1 Å². The van der Waals surface area contributed by atoms with Crippen LogP contribution < -0.4 is 4.90 Å². The molecule has 0 aliphatic carbocycles. The Kier molecular flexibility index (Phi) is 5.47. The summed E-state index contributed by atoms with van der Waals surface area (Å²) in [6, 6.07) is 6.50. The van der Waals surface area contributed by atoms with Crippen LogP contribution in [0.15, 0.2) is 24.3 Å². The fraction of sp³-hybridized carbons (Fsp3) is 0.579. The summed E-state index contributed by atoms with van der Waals surface area (Å²) in [5.74, 6) is 0.567. The Bertz CT molecular complexity index is 789. The standard InChI is InChI=1S/C19H25FN4OS/c20-16-8-6-15(7-9-16)18-21-24(14-22-10-2-1-3-11-22)19(26)23(18)13-17-5-4-12-25-17/h6-9,17H,1-5,10-14H2/p+1/t17-/m0/s1. The number of hydrogen-bond donors (Lipinski definition) is 1. The number of aromatic nitrogens is 3. The van der Waals surface area contributed by atoms with E-state index in [1.165, 1.54) is 49.4 Å². The molecule has 140 valence electrons. The van der Waals surface area contributed by atoms with Crippen LogP contribution in [-0.2, 0) is 18.0 Å². The molecule has 7 heteroatoms. The van der Waals surface area contributed by atoms with Crippen molar-refractivity contribution < 1.29 is 14.0 Å². The highest BCUT2D eigenvalue weighted by Crippen LogP contribution is 2.22. The van der Waals surface area contributed by atoms with Crippen molar-refractivity contribution in [2.75, 3.05) is 19.7 Å². The lowest BCUT2D eigenvalue weighted by atomic mass is 10.1. The van der Waals surface area contributed by atoms with E-state index in [4.69, 9.17) is 22.1 Å². The van der Waals surface area contributed by atoms with E-state index in [-0.39, 0.29) is 11.9 Å². The van der Waals surface area contributed by atoms with Gasteiger partial charge in [-0.25, -0.2) is 4.39 Å². The summed E-state index contributed by atoms with van der Waals surface area (Å²) >= 11 is 5.76. The summed E-state index contributed by atoms with van der Waals surface area (Å²) in [4.78, 5) is 1.53. The summed E-state index contributed by atoms with van der Waals surface area (Å²) in [7, 11) is 0. The lowest BCUT2D eigenvalue weighted by Gasteiger charge is -2.22. The van der Waals surface area contributed by atoms with Gasteiger partial charge in [0.05, 0.1) is 25.7 Å². The number of nitrogens with one attached hydrogen (secondary N) is 1. The van der Waals surface area contributed by atoms with Gasteiger partial charge in [-0.1, -0.05) is 0 Å². The average Bonchev–Trinajstić information content (AvgIpc) is 3.27. The first-order chi connectivity index (χ1) is 12.7. The van der Waals surface area contributed by atoms with Gasteiger partial charge < -0.3 is 9.64 Å². The lowest BCUT2D eigenvalue weighted by Crippen LogP contribution is -3.12. The Labute approximate surface area is 158 Å². The van der Waals surface area contributed by atoms with Crippen LogP contribution in [0.2, 0.25) is 0 Å². The highest BCUT2D eigenvalue weighted by atomic mass is 32.1. The van der Waals surface area contributed by atoms with Gasteiger partial charge in [-0.2, -0.15) is 4.68 Å². The predicted octanol–water partition coefficient (Wildman–Crippen LogP) is 2.43. The molecule has 4 rings (SSSR count). The highest BCUT2D eigenvalue weighted by molar-refractivity contribution is 7.71. The van der Waals surface area contributed by atoms with Crippen LogP contribution in [0.1, 0.15) is 32.1 Å². The number of rotatable bonds is 5. The van der Waals surface area contributed by atoms with Gasteiger partial charge in [-0.05, 0) is 68.6 Å². The second kappa shape index (κ2) is 7.98. The molecule has 5 nitrogen and oxygen atoms in total. The average molecular weight is 378 g/mol. The summed E-state index contributed by atoms with van der Waals surface area (Å²) in [6.07, 6.45) is 6.18. The first-order valence-corrected chi connectivity index (χ1v) is 10.0. The Hall–Kier alpha value is -1.57. The van der Waals surface area contributed by atoms with Gasteiger partial charge in [-0.3, -0.25) is 4.57 Å². The normalized spacial score (nSPS) is 21.3. The van der Waals surface area contributed by atoms with Crippen molar-refractivity contribution in [3.63, 3.8) is 0 Å². The van der Waals surface area contributed by atoms with Gasteiger partial charge in [0, 0.05) is 12.2 Å². The molecule has 1 aromatic carbocycles. The van der Waals surface area contributed by atoms with Crippen LogP contribution in [0.3, 0.4) is 0 Å². The number of benzene rings is 1. The number of likely N-dealkylation sites (tertiary alicyclic amines) is 1. The zero-order chi connectivity index (χ0) is 17.9. The Balaban J connectivity index is 1.66. The van der Waals surface area contributed by atoms with E-state index in [0.717, 1.165) is 42.3 Å². The van der Waals surface area contributed by atoms with Crippen molar-refractivity contribution in [2.45, 2.75) is 51.4 Å². The number of hydrogen-bond acceptors (Lipinski definition) is 3. The molecule has 0 spiro atoms. The molecule has 0 amide bonds. The molecule has 0 saturated carbocycles. The predicted molar refractivity (Wildman–Crippen MR) is 100.0 cm³/mol. The summed E-state index contributed by atoms with van der Waals surface area (Å²) < 4.78 is 23.9. The third-order valence-electron chi connectivity index (χ3n) is 5.37. The molecule has 0 unspecified atom stereocenters. The molecule has 26 heavy (non-hydrogen) atoms. The molecule has 0 bridgehead atoms. The van der Waals surface area contributed by atoms with E-state index in [0.29, 0.717) is 6.54 Å². The van der Waals surface area contributed by atoms with Gasteiger partial charge in [0.25, 0.3) is 0 Å². The van der Waals surface area contributed by atoms with Crippen LogP contribution >= 0.6 is 12.2 Å². The molecule has 1 aromatic heterocycles. The maximum Gasteiger partial charge on any atom is 0.203 e.